The molecule has 0 radical (unpaired) electrons. The van der Waals surface area contributed by atoms with E-state index in [2.05, 4.69) is 49.6 Å². The molecule has 0 heterocycles. The molecule has 0 N–H and O–H groups in total. The highest BCUT2D eigenvalue weighted by Crippen LogP contribution is 2.12. The van der Waals surface area contributed by atoms with Gasteiger partial charge in [-0.2, -0.15) is 0 Å². The van der Waals surface area contributed by atoms with Crippen LogP contribution in [0.2, 0.25) is 0 Å². The molecule has 0 unspecified atom stereocenters. The fraction of sp³-hybridized carbons (Fsp3) is 0.304. The number of ether oxygens (including phenoxy) is 1. The van der Waals surface area contributed by atoms with Gasteiger partial charge in [0, 0.05) is 11.1 Å². The first-order chi connectivity index (χ1) is 11.8. The molecule has 24 heavy (non-hydrogen) atoms. The summed E-state index contributed by atoms with van der Waals surface area (Å²) < 4.78 is 5.47. The van der Waals surface area contributed by atoms with E-state index in [-0.39, 0.29) is 0 Å². The summed E-state index contributed by atoms with van der Waals surface area (Å²) in [6, 6.07) is 16.5. The molecule has 0 bridgehead atoms. The molecule has 0 fully saturated rings. The van der Waals surface area contributed by atoms with Crippen molar-refractivity contribution in [1.29, 1.82) is 0 Å². The van der Waals surface area contributed by atoms with Gasteiger partial charge in [-0.25, -0.2) is 0 Å². The van der Waals surface area contributed by atoms with Crippen molar-refractivity contribution >= 4 is 0 Å². The predicted molar refractivity (Wildman–Crippen MR) is 102 cm³/mol. The monoisotopic (exact) mass is 318 g/mol. The molecule has 0 aliphatic carbocycles. The molecule has 2 aromatic rings. The quantitative estimate of drug-likeness (QED) is 0.341. The molecule has 0 saturated heterocycles. The zero-order valence-electron chi connectivity index (χ0n) is 14.6. The summed E-state index contributed by atoms with van der Waals surface area (Å²) in [7, 11) is 0. The maximum atomic E-state index is 5.47. The van der Waals surface area contributed by atoms with Gasteiger partial charge in [0.25, 0.3) is 0 Å². The standard InChI is InChI=1S/C23H26O/c1-3-5-6-7-8-20-9-11-21(12-10-20)13-14-22-15-17-23(18-16-22)24-19-4-2/h4,9-12,15-18H,2-3,5-8,19H2,1H3. The van der Waals surface area contributed by atoms with Crippen LogP contribution >= 0.6 is 0 Å². The van der Waals surface area contributed by atoms with Crippen molar-refractivity contribution in [3.63, 3.8) is 0 Å². The van der Waals surface area contributed by atoms with Crippen LogP contribution in [0.1, 0.15) is 49.3 Å². The van der Waals surface area contributed by atoms with Crippen molar-refractivity contribution in [3.8, 4) is 17.6 Å². The first-order valence-electron chi connectivity index (χ1n) is 8.76. The molecule has 1 heteroatoms. The van der Waals surface area contributed by atoms with Crippen molar-refractivity contribution in [3.05, 3.63) is 77.9 Å². The summed E-state index contributed by atoms with van der Waals surface area (Å²) in [5.74, 6) is 7.26. The molecule has 0 atom stereocenters. The fourth-order valence-electron chi connectivity index (χ4n) is 2.44. The van der Waals surface area contributed by atoms with Crippen LogP contribution in [0.25, 0.3) is 0 Å². The number of hydrogen-bond donors (Lipinski definition) is 0. The molecule has 0 saturated carbocycles. The lowest BCUT2D eigenvalue weighted by Crippen LogP contribution is -1.92. The van der Waals surface area contributed by atoms with Gasteiger partial charge in [-0.05, 0) is 54.8 Å². The van der Waals surface area contributed by atoms with Crippen LogP contribution in [-0.4, -0.2) is 6.61 Å². The molecule has 2 rings (SSSR count). The highest BCUT2D eigenvalue weighted by atomic mass is 16.5. The summed E-state index contributed by atoms with van der Waals surface area (Å²) in [5, 5.41) is 0. The molecule has 1 nitrogen and oxygen atoms in total. The topological polar surface area (TPSA) is 9.23 Å². The van der Waals surface area contributed by atoms with Crippen LogP contribution in [0.4, 0.5) is 0 Å². The van der Waals surface area contributed by atoms with Gasteiger partial charge in [-0.15, -0.1) is 0 Å². The largest absolute Gasteiger partial charge is 0.490 e. The molecular formula is C23H26O. The Morgan fingerprint density at radius 3 is 2.08 bits per heavy atom. The Labute approximate surface area is 146 Å². The van der Waals surface area contributed by atoms with Crippen molar-refractivity contribution in [2.24, 2.45) is 0 Å². The molecule has 124 valence electrons. The number of aryl methyl sites for hydroxylation is 1. The minimum Gasteiger partial charge on any atom is -0.490 e. The Bertz CT molecular complexity index is 669. The van der Waals surface area contributed by atoms with E-state index in [0.717, 1.165) is 16.9 Å². The molecular weight excluding hydrogens is 292 g/mol. The molecule has 0 spiro atoms. The third-order valence-electron chi connectivity index (χ3n) is 3.85. The minimum absolute atomic E-state index is 0.524. The van der Waals surface area contributed by atoms with Gasteiger partial charge in [-0.3, -0.25) is 0 Å². The zero-order chi connectivity index (χ0) is 17.0. The highest BCUT2D eigenvalue weighted by molar-refractivity contribution is 5.44. The van der Waals surface area contributed by atoms with Crippen molar-refractivity contribution < 1.29 is 4.74 Å². The third-order valence-corrected chi connectivity index (χ3v) is 3.85. The van der Waals surface area contributed by atoms with Gasteiger partial charge in [0.15, 0.2) is 0 Å². The van der Waals surface area contributed by atoms with Crippen LogP contribution in [0.3, 0.4) is 0 Å². The summed E-state index contributed by atoms with van der Waals surface area (Å²) in [4.78, 5) is 0. The van der Waals surface area contributed by atoms with Crippen molar-refractivity contribution in [1.82, 2.24) is 0 Å². The van der Waals surface area contributed by atoms with E-state index >= 15 is 0 Å². The van der Waals surface area contributed by atoms with Crippen molar-refractivity contribution in [2.75, 3.05) is 6.61 Å². The Morgan fingerprint density at radius 2 is 1.50 bits per heavy atom. The Morgan fingerprint density at radius 1 is 0.875 bits per heavy atom. The van der Waals surface area contributed by atoms with Crippen LogP contribution in [-0.2, 0) is 6.42 Å². The predicted octanol–water partition coefficient (Wildman–Crippen LogP) is 5.77. The number of hydrogen-bond acceptors (Lipinski definition) is 1. The smallest absolute Gasteiger partial charge is 0.119 e. The summed E-state index contributed by atoms with van der Waals surface area (Å²) >= 11 is 0. The lowest BCUT2D eigenvalue weighted by atomic mass is 10.0. The summed E-state index contributed by atoms with van der Waals surface area (Å²) in [6.07, 6.45) is 8.13. The van der Waals surface area contributed by atoms with Crippen LogP contribution < -0.4 is 4.74 Å². The summed E-state index contributed by atoms with van der Waals surface area (Å²) in [5.41, 5.74) is 3.45. The van der Waals surface area contributed by atoms with E-state index in [1.807, 2.05) is 24.3 Å². The van der Waals surface area contributed by atoms with Gasteiger partial charge >= 0.3 is 0 Å². The molecule has 2 aromatic carbocycles. The maximum Gasteiger partial charge on any atom is 0.119 e. The first-order valence-corrected chi connectivity index (χ1v) is 8.76. The minimum atomic E-state index is 0.524. The summed E-state index contributed by atoms with van der Waals surface area (Å²) in [6.45, 7) is 6.41. The lowest BCUT2D eigenvalue weighted by Gasteiger charge is -2.02. The highest BCUT2D eigenvalue weighted by Gasteiger charge is 1.95. The molecule has 0 aliphatic heterocycles. The molecule has 0 amide bonds. The maximum absolute atomic E-state index is 5.47. The van der Waals surface area contributed by atoms with E-state index < -0.39 is 0 Å². The molecule has 0 aromatic heterocycles. The van der Waals surface area contributed by atoms with Gasteiger partial charge < -0.3 is 4.74 Å². The van der Waals surface area contributed by atoms with E-state index in [1.54, 1.807) is 6.08 Å². The Hall–Kier alpha value is -2.46. The van der Waals surface area contributed by atoms with Gasteiger partial charge in [0.05, 0.1) is 0 Å². The van der Waals surface area contributed by atoms with Crippen LogP contribution in [0, 0.1) is 11.8 Å². The van der Waals surface area contributed by atoms with E-state index in [9.17, 15) is 0 Å². The lowest BCUT2D eigenvalue weighted by molar-refractivity contribution is 0.363. The number of unbranched alkanes of at least 4 members (excludes halogenated alkanes) is 3. The van der Waals surface area contributed by atoms with Crippen LogP contribution in [0.15, 0.2) is 61.2 Å². The fourth-order valence-corrected chi connectivity index (χ4v) is 2.44. The van der Waals surface area contributed by atoms with Crippen LogP contribution in [0.5, 0.6) is 5.75 Å². The second-order valence-electron chi connectivity index (χ2n) is 5.88. The van der Waals surface area contributed by atoms with Gasteiger partial charge in [-0.1, -0.05) is 62.8 Å². The Balaban J connectivity index is 1.89. The SMILES string of the molecule is C=CCOc1ccc(C#Cc2ccc(CCCCCC)cc2)cc1. The second kappa shape index (κ2) is 10.3. The average molecular weight is 318 g/mol. The number of rotatable bonds is 8. The van der Waals surface area contributed by atoms with E-state index in [1.165, 1.54) is 37.7 Å². The number of benzene rings is 2. The first kappa shape index (κ1) is 17.9. The van der Waals surface area contributed by atoms with Gasteiger partial charge in [0.1, 0.15) is 12.4 Å². The normalized spacial score (nSPS) is 9.88. The van der Waals surface area contributed by atoms with Gasteiger partial charge in [0.2, 0.25) is 0 Å². The zero-order valence-corrected chi connectivity index (χ0v) is 14.6. The average Bonchev–Trinajstić information content (AvgIpc) is 2.64. The van der Waals surface area contributed by atoms with Crippen molar-refractivity contribution in [2.45, 2.75) is 39.0 Å². The van der Waals surface area contributed by atoms with E-state index in [0.29, 0.717) is 6.61 Å². The Kier molecular flexibility index (Phi) is 7.71. The third kappa shape index (κ3) is 6.34. The molecule has 0 aliphatic rings. The second-order valence-corrected chi connectivity index (χ2v) is 5.88. The van der Waals surface area contributed by atoms with E-state index in [4.69, 9.17) is 4.74 Å².